The normalized spacial score (nSPS) is 16.5. The van der Waals surface area contributed by atoms with E-state index in [1.807, 2.05) is 0 Å². The van der Waals surface area contributed by atoms with Gasteiger partial charge in [-0.15, -0.1) is 5.10 Å². The van der Waals surface area contributed by atoms with Gasteiger partial charge in [-0.05, 0) is 0 Å². The van der Waals surface area contributed by atoms with Gasteiger partial charge in [-0.2, -0.15) is 13.2 Å². The zero-order valence-corrected chi connectivity index (χ0v) is 8.76. The predicted molar refractivity (Wildman–Crippen MR) is 48.7 cm³/mol. The zero-order valence-electron chi connectivity index (χ0n) is 8.76. The van der Waals surface area contributed by atoms with E-state index in [-0.39, 0.29) is 13.1 Å². The second-order valence-electron chi connectivity index (χ2n) is 3.72. The first-order valence-electron chi connectivity index (χ1n) is 4.79. The summed E-state index contributed by atoms with van der Waals surface area (Å²) in [6.07, 6.45) is -3.77. The van der Waals surface area contributed by atoms with Gasteiger partial charge < -0.3 is 10.0 Å². The molecule has 2 heterocycles. The lowest BCUT2D eigenvalue weighted by molar-refractivity contribution is -0.191. The number of amides is 1. The number of carboxylic acids is 1. The van der Waals surface area contributed by atoms with Gasteiger partial charge in [0.2, 0.25) is 0 Å². The van der Waals surface area contributed by atoms with Crippen LogP contribution in [0.2, 0.25) is 0 Å². The number of likely N-dealkylation sites (tertiary alicyclic amines) is 1. The Labute approximate surface area is 97.8 Å². The molecule has 0 aliphatic carbocycles. The van der Waals surface area contributed by atoms with Gasteiger partial charge in [0.05, 0.1) is 6.04 Å². The third-order valence-corrected chi connectivity index (χ3v) is 2.47. The number of aromatic nitrogens is 3. The van der Waals surface area contributed by atoms with Crippen molar-refractivity contribution in [3.05, 3.63) is 12.2 Å². The van der Waals surface area contributed by atoms with E-state index in [9.17, 15) is 22.8 Å². The number of carboxylic acid groups (broad SMARTS) is 1. The van der Waals surface area contributed by atoms with Gasteiger partial charge in [0.1, 0.15) is 6.33 Å². The highest BCUT2D eigenvalue weighted by molar-refractivity contribution is 5.83. The van der Waals surface area contributed by atoms with Crippen LogP contribution in [0.4, 0.5) is 13.2 Å². The zero-order chi connectivity index (χ0) is 13.5. The molecule has 98 valence electrons. The van der Waals surface area contributed by atoms with Crippen LogP contribution >= 0.6 is 0 Å². The molecule has 0 radical (unpaired) electrons. The summed E-state index contributed by atoms with van der Waals surface area (Å²) in [6.45, 7) is -0.332. The number of aromatic carboxylic acids is 1. The molecule has 0 bridgehead atoms. The van der Waals surface area contributed by atoms with Crippen molar-refractivity contribution in [2.24, 2.45) is 0 Å². The number of hydrogen-bond donors (Lipinski definition) is 1. The number of alkyl halides is 3. The maximum atomic E-state index is 12.1. The van der Waals surface area contributed by atoms with Crippen molar-refractivity contribution in [1.29, 1.82) is 0 Å². The predicted octanol–water partition coefficient (Wildman–Crippen LogP) is -0.0781. The van der Waals surface area contributed by atoms with Gasteiger partial charge in [-0.1, -0.05) is 0 Å². The van der Waals surface area contributed by atoms with Crippen molar-refractivity contribution >= 4 is 11.9 Å². The molecule has 0 atom stereocenters. The van der Waals surface area contributed by atoms with E-state index < -0.39 is 29.9 Å². The molecule has 1 aromatic rings. The van der Waals surface area contributed by atoms with Crippen LogP contribution in [-0.4, -0.2) is 55.9 Å². The molecule has 0 spiro atoms. The first-order chi connectivity index (χ1) is 8.29. The number of rotatable bonds is 2. The van der Waals surface area contributed by atoms with Crippen LogP contribution in [0.15, 0.2) is 6.33 Å². The Morgan fingerprint density at radius 1 is 1.39 bits per heavy atom. The lowest BCUT2D eigenvalue weighted by Gasteiger charge is -2.38. The Kier molecular flexibility index (Phi) is 2.71. The van der Waals surface area contributed by atoms with Crippen LogP contribution < -0.4 is 0 Å². The third kappa shape index (κ3) is 2.13. The molecule has 1 aliphatic heterocycles. The van der Waals surface area contributed by atoms with Crippen LogP contribution in [0, 0.1) is 0 Å². The number of carbonyl (C=O) groups is 2. The van der Waals surface area contributed by atoms with Gasteiger partial charge in [-0.3, -0.25) is 4.79 Å². The van der Waals surface area contributed by atoms with Crippen molar-refractivity contribution in [3.8, 4) is 0 Å². The van der Waals surface area contributed by atoms with Gasteiger partial charge in [0, 0.05) is 13.1 Å². The van der Waals surface area contributed by atoms with E-state index >= 15 is 0 Å². The monoisotopic (exact) mass is 264 g/mol. The van der Waals surface area contributed by atoms with E-state index in [0.29, 0.717) is 4.90 Å². The molecule has 1 saturated heterocycles. The lowest BCUT2D eigenvalue weighted by Crippen LogP contribution is -2.55. The van der Waals surface area contributed by atoms with Crippen molar-refractivity contribution in [2.45, 2.75) is 12.2 Å². The first kappa shape index (κ1) is 12.3. The average Bonchev–Trinajstić information content (AvgIpc) is 2.62. The largest absolute Gasteiger partial charge is 0.475 e. The minimum atomic E-state index is -4.89. The highest BCUT2D eigenvalue weighted by Crippen LogP contribution is 2.26. The topological polar surface area (TPSA) is 88.3 Å². The van der Waals surface area contributed by atoms with Crippen molar-refractivity contribution in [2.75, 3.05) is 13.1 Å². The van der Waals surface area contributed by atoms with E-state index in [4.69, 9.17) is 5.11 Å². The maximum Gasteiger partial charge on any atom is 0.471 e. The molecular formula is C8H7F3N4O3. The summed E-state index contributed by atoms with van der Waals surface area (Å²) >= 11 is 0. The van der Waals surface area contributed by atoms with Crippen LogP contribution in [0.25, 0.3) is 0 Å². The fourth-order valence-corrected chi connectivity index (χ4v) is 1.52. The Morgan fingerprint density at radius 2 is 2.00 bits per heavy atom. The summed E-state index contributed by atoms with van der Waals surface area (Å²) in [5.41, 5.74) is 0. The summed E-state index contributed by atoms with van der Waals surface area (Å²) in [4.78, 5) is 25.4. The molecule has 2 rings (SSSR count). The molecule has 1 N–H and O–H groups in total. The van der Waals surface area contributed by atoms with Crippen molar-refractivity contribution in [1.82, 2.24) is 19.7 Å². The smallest absolute Gasteiger partial charge is 0.471 e. The molecular weight excluding hydrogens is 257 g/mol. The first-order valence-corrected chi connectivity index (χ1v) is 4.79. The summed E-state index contributed by atoms with van der Waals surface area (Å²) < 4.78 is 37.3. The Morgan fingerprint density at radius 3 is 2.44 bits per heavy atom. The number of carbonyl (C=O) groups excluding carboxylic acids is 1. The average molecular weight is 264 g/mol. The quantitative estimate of drug-likeness (QED) is 0.807. The molecule has 7 nitrogen and oxygen atoms in total. The third-order valence-electron chi connectivity index (χ3n) is 2.47. The van der Waals surface area contributed by atoms with E-state index in [0.717, 1.165) is 11.0 Å². The summed E-state index contributed by atoms with van der Waals surface area (Å²) in [7, 11) is 0. The second-order valence-corrected chi connectivity index (χ2v) is 3.72. The SMILES string of the molecule is O=C(O)c1ncn(C2CN(C(=O)C(F)(F)F)C2)n1. The molecule has 18 heavy (non-hydrogen) atoms. The summed E-state index contributed by atoms with van der Waals surface area (Å²) in [5.74, 6) is -3.66. The number of hydrogen-bond acceptors (Lipinski definition) is 4. The maximum absolute atomic E-state index is 12.1. The van der Waals surface area contributed by atoms with Crippen LogP contribution in [0.3, 0.4) is 0 Å². The standard InChI is InChI=1S/C8H7F3N4O3/c9-8(10,11)7(18)14-1-4(2-14)15-3-12-5(13-15)6(16)17/h3-4H,1-2H2,(H,16,17). The van der Waals surface area contributed by atoms with Crippen molar-refractivity contribution < 1.29 is 27.9 Å². The minimum Gasteiger partial charge on any atom is -0.475 e. The van der Waals surface area contributed by atoms with Gasteiger partial charge in [0.25, 0.3) is 5.82 Å². The molecule has 1 aliphatic rings. The molecule has 0 aromatic carbocycles. The second kappa shape index (κ2) is 3.96. The summed E-state index contributed by atoms with van der Waals surface area (Å²) in [5, 5.41) is 12.1. The molecule has 1 amide bonds. The number of nitrogens with zero attached hydrogens (tertiary/aromatic N) is 4. The Balaban J connectivity index is 1.96. The molecule has 0 saturated carbocycles. The fraction of sp³-hybridized carbons (Fsp3) is 0.500. The van der Waals surface area contributed by atoms with Crippen LogP contribution in [0.1, 0.15) is 16.7 Å². The number of halogens is 3. The molecule has 1 fully saturated rings. The fourth-order valence-electron chi connectivity index (χ4n) is 1.52. The molecule has 0 unspecified atom stereocenters. The van der Waals surface area contributed by atoms with Crippen LogP contribution in [-0.2, 0) is 4.79 Å². The van der Waals surface area contributed by atoms with E-state index in [2.05, 4.69) is 10.1 Å². The Hall–Kier alpha value is -2.13. The van der Waals surface area contributed by atoms with Crippen molar-refractivity contribution in [3.63, 3.8) is 0 Å². The van der Waals surface area contributed by atoms with E-state index in [1.165, 1.54) is 0 Å². The lowest BCUT2D eigenvalue weighted by atomic mass is 10.1. The van der Waals surface area contributed by atoms with Gasteiger partial charge >= 0.3 is 18.1 Å². The highest BCUT2D eigenvalue weighted by atomic mass is 19.4. The minimum absolute atomic E-state index is 0.166. The highest BCUT2D eigenvalue weighted by Gasteiger charge is 2.47. The Bertz CT molecular complexity index is 492. The van der Waals surface area contributed by atoms with E-state index in [1.54, 1.807) is 0 Å². The van der Waals surface area contributed by atoms with Gasteiger partial charge in [0.15, 0.2) is 0 Å². The van der Waals surface area contributed by atoms with Gasteiger partial charge in [-0.25, -0.2) is 14.5 Å². The van der Waals surface area contributed by atoms with Crippen LogP contribution in [0.5, 0.6) is 0 Å². The molecule has 10 heteroatoms. The molecule has 1 aromatic heterocycles. The summed E-state index contributed by atoms with van der Waals surface area (Å²) in [6, 6.07) is -0.475.